The van der Waals surface area contributed by atoms with Gasteiger partial charge >= 0.3 is 0 Å². The van der Waals surface area contributed by atoms with Crippen LogP contribution in [0.15, 0.2) is 24.3 Å². The molecule has 1 aromatic rings. The van der Waals surface area contributed by atoms with Crippen molar-refractivity contribution in [3.05, 3.63) is 35.6 Å². The van der Waals surface area contributed by atoms with E-state index in [1.54, 1.807) is 25.1 Å². The van der Waals surface area contributed by atoms with Crippen LogP contribution >= 0.6 is 0 Å². The molecule has 1 saturated heterocycles. The third-order valence-corrected chi connectivity index (χ3v) is 2.43. The summed E-state index contributed by atoms with van der Waals surface area (Å²) in [4.78, 5) is 0. The summed E-state index contributed by atoms with van der Waals surface area (Å²) in [6.45, 7) is 1.55. The second kappa shape index (κ2) is 4.26. The van der Waals surface area contributed by atoms with E-state index in [2.05, 4.69) is 0 Å². The summed E-state index contributed by atoms with van der Waals surface area (Å²) < 4.78 is 24.2. The second-order valence-corrected chi connectivity index (χ2v) is 3.50. The lowest BCUT2D eigenvalue weighted by atomic mass is 10.0. The van der Waals surface area contributed by atoms with E-state index in [4.69, 9.17) is 14.6 Å². The summed E-state index contributed by atoms with van der Waals surface area (Å²) in [5.41, 5.74) is 0.431. The van der Waals surface area contributed by atoms with Gasteiger partial charge in [0.15, 0.2) is 6.29 Å². The third-order valence-electron chi connectivity index (χ3n) is 2.43. The first-order valence-electron chi connectivity index (χ1n) is 4.88. The number of hydrogen-bond donors (Lipinski definition) is 1. The van der Waals surface area contributed by atoms with Gasteiger partial charge in [-0.15, -0.1) is 0 Å². The zero-order valence-electron chi connectivity index (χ0n) is 8.39. The first-order valence-corrected chi connectivity index (χ1v) is 4.88. The molecular formula is C11H13FO3. The highest BCUT2D eigenvalue weighted by atomic mass is 19.1. The molecule has 1 aliphatic heterocycles. The molecule has 82 valence electrons. The number of hydrogen-bond acceptors (Lipinski definition) is 3. The molecule has 15 heavy (non-hydrogen) atoms. The number of aliphatic hydroxyl groups is 1. The molecule has 4 heteroatoms. The normalized spacial score (nSPS) is 30.7. The molecule has 0 spiro atoms. The SMILES string of the molecule is CC1O[C@H](c2ccccc2F)[C@@H](CO)O1. The fourth-order valence-corrected chi connectivity index (χ4v) is 1.76. The molecule has 0 amide bonds. The van der Waals surface area contributed by atoms with Crippen LogP contribution in [-0.4, -0.2) is 24.1 Å². The fraction of sp³-hybridized carbons (Fsp3) is 0.455. The van der Waals surface area contributed by atoms with Crippen LogP contribution in [-0.2, 0) is 9.47 Å². The van der Waals surface area contributed by atoms with Crippen LogP contribution in [0.4, 0.5) is 4.39 Å². The van der Waals surface area contributed by atoms with Gasteiger partial charge in [-0.05, 0) is 13.0 Å². The number of ether oxygens (including phenoxy) is 2. The maximum Gasteiger partial charge on any atom is 0.156 e. The Labute approximate surface area is 87.4 Å². The zero-order valence-corrected chi connectivity index (χ0v) is 8.39. The van der Waals surface area contributed by atoms with Crippen molar-refractivity contribution >= 4 is 0 Å². The van der Waals surface area contributed by atoms with Gasteiger partial charge in [0.2, 0.25) is 0 Å². The maximum atomic E-state index is 13.5. The Bertz CT molecular complexity index is 342. The van der Waals surface area contributed by atoms with Gasteiger partial charge in [0.1, 0.15) is 18.0 Å². The van der Waals surface area contributed by atoms with Gasteiger partial charge in [-0.25, -0.2) is 4.39 Å². The lowest BCUT2D eigenvalue weighted by molar-refractivity contribution is -0.0565. The third kappa shape index (κ3) is 2.02. The molecule has 0 aliphatic carbocycles. The standard InChI is InChI=1S/C11H13FO3/c1-7-14-10(6-13)11(15-7)8-4-2-3-5-9(8)12/h2-5,7,10-11,13H,6H2,1H3/t7?,10-,11-/m1/s1. The first kappa shape index (κ1) is 10.5. The van der Waals surface area contributed by atoms with Gasteiger partial charge < -0.3 is 14.6 Å². The van der Waals surface area contributed by atoms with Crippen LogP contribution in [0.5, 0.6) is 0 Å². The smallest absolute Gasteiger partial charge is 0.156 e. The second-order valence-electron chi connectivity index (χ2n) is 3.50. The van der Waals surface area contributed by atoms with Crippen molar-refractivity contribution in [2.45, 2.75) is 25.4 Å². The summed E-state index contributed by atoms with van der Waals surface area (Å²) in [7, 11) is 0. The monoisotopic (exact) mass is 212 g/mol. The minimum absolute atomic E-state index is 0.177. The Balaban J connectivity index is 2.26. The molecule has 1 fully saturated rings. The molecule has 1 aliphatic rings. The van der Waals surface area contributed by atoms with Gasteiger partial charge in [-0.2, -0.15) is 0 Å². The minimum Gasteiger partial charge on any atom is -0.394 e. The van der Waals surface area contributed by atoms with Crippen molar-refractivity contribution < 1.29 is 19.0 Å². The summed E-state index contributed by atoms with van der Waals surface area (Å²) in [5, 5.41) is 9.08. The number of benzene rings is 1. The minimum atomic E-state index is -0.522. The molecule has 1 heterocycles. The quantitative estimate of drug-likeness (QED) is 0.809. The highest BCUT2D eigenvalue weighted by Gasteiger charge is 2.35. The van der Waals surface area contributed by atoms with E-state index in [0.29, 0.717) is 5.56 Å². The van der Waals surface area contributed by atoms with Crippen molar-refractivity contribution in [3.63, 3.8) is 0 Å². The van der Waals surface area contributed by atoms with Crippen LogP contribution < -0.4 is 0 Å². The molecule has 0 radical (unpaired) electrons. The van der Waals surface area contributed by atoms with Crippen molar-refractivity contribution in [2.24, 2.45) is 0 Å². The molecule has 0 saturated carbocycles. The summed E-state index contributed by atoms with van der Waals surface area (Å²) in [6.07, 6.45) is -1.42. The van der Waals surface area contributed by atoms with Gasteiger partial charge in [0, 0.05) is 5.56 Å². The predicted molar refractivity (Wildman–Crippen MR) is 51.6 cm³/mol. The van der Waals surface area contributed by atoms with Gasteiger partial charge in [-0.3, -0.25) is 0 Å². The van der Waals surface area contributed by atoms with Crippen LogP contribution in [0.2, 0.25) is 0 Å². The molecule has 3 atom stereocenters. The van der Waals surface area contributed by atoms with Crippen molar-refractivity contribution in [2.75, 3.05) is 6.61 Å². The van der Waals surface area contributed by atoms with E-state index in [0.717, 1.165) is 0 Å². The molecule has 0 aromatic heterocycles. The van der Waals surface area contributed by atoms with E-state index in [9.17, 15) is 4.39 Å². The highest BCUT2D eigenvalue weighted by Crippen LogP contribution is 2.33. The van der Waals surface area contributed by atoms with E-state index in [-0.39, 0.29) is 12.4 Å². The highest BCUT2D eigenvalue weighted by molar-refractivity contribution is 5.21. The molecule has 1 unspecified atom stereocenters. The lowest BCUT2D eigenvalue weighted by Crippen LogP contribution is -2.20. The summed E-state index contributed by atoms with van der Waals surface area (Å²) in [6, 6.07) is 6.37. The largest absolute Gasteiger partial charge is 0.394 e. The molecular weight excluding hydrogens is 199 g/mol. The van der Waals surface area contributed by atoms with Crippen LogP contribution in [0.25, 0.3) is 0 Å². The summed E-state index contributed by atoms with van der Waals surface area (Å²) in [5.74, 6) is -0.335. The van der Waals surface area contributed by atoms with E-state index >= 15 is 0 Å². The predicted octanol–water partition coefficient (Wildman–Crippen LogP) is 1.62. The number of aliphatic hydroxyl groups excluding tert-OH is 1. The Morgan fingerprint density at radius 2 is 2.07 bits per heavy atom. The van der Waals surface area contributed by atoms with Gasteiger partial charge in [0.05, 0.1) is 6.61 Å². The molecule has 1 N–H and O–H groups in total. The van der Waals surface area contributed by atoms with Gasteiger partial charge in [0.25, 0.3) is 0 Å². The lowest BCUT2D eigenvalue weighted by Gasteiger charge is -2.15. The molecule has 0 bridgehead atoms. The van der Waals surface area contributed by atoms with E-state index in [1.165, 1.54) is 6.07 Å². The van der Waals surface area contributed by atoms with E-state index in [1.807, 2.05) is 0 Å². The Hall–Kier alpha value is -0.970. The number of rotatable bonds is 2. The Morgan fingerprint density at radius 1 is 1.33 bits per heavy atom. The fourth-order valence-electron chi connectivity index (χ4n) is 1.76. The average molecular weight is 212 g/mol. The number of halogens is 1. The maximum absolute atomic E-state index is 13.5. The van der Waals surface area contributed by atoms with Crippen LogP contribution in [0, 0.1) is 5.82 Å². The first-order chi connectivity index (χ1) is 7.22. The van der Waals surface area contributed by atoms with Crippen LogP contribution in [0.1, 0.15) is 18.6 Å². The van der Waals surface area contributed by atoms with Crippen LogP contribution in [0.3, 0.4) is 0 Å². The summed E-state index contributed by atoms with van der Waals surface area (Å²) >= 11 is 0. The average Bonchev–Trinajstić information content (AvgIpc) is 2.60. The Kier molecular flexibility index (Phi) is 3.00. The molecule has 2 rings (SSSR count). The molecule has 3 nitrogen and oxygen atoms in total. The van der Waals surface area contributed by atoms with Crippen molar-refractivity contribution in [3.8, 4) is 0 Å². The zero-order chi connectivity index (χ0) is 10.8. The van der Waals surface area contributed by atoms with Crippen molar-refractivity contribution in [1.82, 2.24) is 0 Å². The van der Waals surface area contributed by atoms with E-state index < -0.39 is 18.5 Å². The Morgan fingerprint density at radius 3 is 2.73 bits per heavy atom. The van der Waals surface area contributed by atoms with Gasteiger partial charge in [-0.1, -0.05) is 18.2 Å². The topological polar surface area (TPSA) is 38.7 Å². The molecule has 1 aromatic carbocycles. The van der Waals surface area contributed by atoms with Crippen molar-refractivity contribution in [1.29, 1.82) is 0 Å².